The van der Waals surface area contributed by atoms with Gasteiger partial charge >= 0.3 is 0 Å². The highest BCUT2D eigenvalue weighted by molar-refractivity contribution is 5.95. The lowest BCUT2D eigenvalue weighted by Gasteiger charge is -2.33. The van der Waals surface area contributed by atoms with E-state index in [-0.39, 0.29) is 17.7 Å². The van der Waals surface area contributed by atoms with Crippen molar-refractivity contribution >= 4 is 17.5 Å². The summed E-state index contributed by atoms with van der Waals surface area (Å²) in [6.45, 7) is 4.57. The van der Waals surface area contributed by atoms with Crippen molar-refractivity contribution in [1.29, 1.82) is 0 Å². The fourth-order valence-corrected chi connectivity index (χ4v) is 4.43. The molecule has 2 fully saturated rings. The average Bonchev–Trinajstić information content (AvgIpc) is 2.98. The molecule has 1 aliphatic carbocycles. The van der Waals surface area contributed by atoms with Crippen LogP contribution in [-0.2, 0) is 9.59 Å². The number of rotatable bonds is 4. The first-order chi connectivity index (χ1) is 12.7. The molecule has 26 heavy (non-hydrogen) atoms. The zero-order valence-corrected chi connectivity index (χ0v) is 16.0. The van der Waals surface area contributed by atoms with Gasteiger partial charge in [0.2, 0.25) is 11.8 Å². The molecule has 0 bridgehead atoms. The first kappa shape index (κ1) is 18.9. The third-order valence-electron chi connectivity index (χ3n) is 5.99. The van der Waals surface area contributed by atoms with Crippen molar-refractivity contribution < 1.29 is 9.59 Å². The van der Waals surface area contributed by atoms with Crippen LogP contribution < -0.4 is 4.90 Å². The molecule has 4 nitrogen and oxygen atoms in total. The highest BCUT2D eigenvalue weighted by Gasteiger charge is 2.34. The first-order valence-corrected chi connectivity index (χ1v) is 10.4. The third kappa shape index (κ3) is 4.46. The number of carbonyl (C=O) groups excluding carboxylic acids is 2. The molecule has 0 atom stereocenters. The van der Waals surface area contributed by atoms with E-state index in [0.717, 1.165) is 57.3 Å². The summed E-state index contributed by atoms with van der Waals surface area (Å²) in [5.41, 5.74) is 0.975. The molecule has 1 saturated heterocycles. The summed E-state index contributed by atoms with van der Waals surface area (Å²) in [6.07, 6.45) is 8.17. The topological polar surface area (TPSA) is 40.6 Å². The molecule has 0 N–H and O–H groups in total. The van der Waals surface area contributed by atoms with Gasteiger partial charge in [0.25, 0.3) is 0 Å². The number of para-hydroxylation sites is 1. The molecular formula is C22H32N2O2. The van der Waals surface area contributed by atoms with Crippen molar-refractivity contribution in [2.75, 3.05) is 24.5 Å². The van der Waals surface area contributed by atoms with Gasteiger partial charge < -0.3 is 9.80 Å². The van der Waals surface area contributed by atoms with E-state index in [1.54, 1.807) is 0 Å². The third-order valence-corrected chi connectivity index (χ3v) is 5.99. The molecule has 142 valence electrons. The van der Waals surface area contributed by atoms with E-state index >= 15 is 0 Å². The molecule has 1 aromatic rings. The van der Waals surface area contributed by atoms with Gasteiger partial charge in [0.15, 0.2) is 0 Å². The number of likely N-dealkylation sites (tertiary alicyclic amines) is 1. The van der Waals surface area contributed by atoms with E-state index in [0.29, 0.717) is 12.5 Å². The first-order valence-electron chi connectivity index (χ1n) is 10.4. The lowest BCUT2D eigenvalue weighted by Crippen LogP contribution is -2.41. The highest BCUT2D eigenvalue weighted by Crippen LogP contribution is 2.32. The Morgan fingerprint density at radius 2 is 1.50 bits per heavy atom. The molecule has 1 aromatic carbocycles. The van der Waals surface area contributed by atoms with Gasteiger partial charge in [-0.2, -0.15) is 0 Å². The van der Waals surface area contributed by atoms with E-state index < -0.39 is 0 Å². The number of carbonyl (C=O) groups is 2. The maximum absolute atomic E-state index is 13.0. The van der Waals surface area contributed by atoms with Crippen molar-refractivity contribution in [1.82, 2.24) is 4.90 Å². The minimum Gasteiger partial charge on any atom is -0.342 e. The fourth-order valence-electron chi connectivity index (χ4n) is 4.43. The van der Waals surface area contributed by atoms with Crippen LogP contribution in [0.3, 0.4) is 0 Å². The van der Waals surface area contributed by atoms with Gasteiger partial charge in [0.05, 0.1) is 0 Å². The molecule has 4 heteroatoms. The Kier molecular flexibility index (Phi) is 6.70. The van der Waals surface area contributed by atoms with Gasteiger partial charge in [0, 0.05) is 37.2 Å². The average molecular weight is 357 g/mol. The molecule has 0 radical (unpaired) electrons. The second kappa shape index (κ2) is 9.20. The van der Waals surface area contributed by atoms with Crippen molar-refractivity contribution in [3.05, 3.63) is 30.3 Å². The van der Waals surface area contributed by atoms with Crippen LogP contribution in [0.4, 0.5) is 5.69 Å². The quantitative estimate of drug-likeness (QED) is 0.809. The molecule has 3 rings (SSSR count). The molecule has 0 unspecified atom stereocenters. The minimum atomic E-state index is 0.0586. The van der Waals surface area contributed by atoms with Gasteiger partial charge in [0.1, 0.15) is 0 Å². The van der Waals surface area contributed by atoms with Crippen LogP contribution in [0.2, 0.25) is 0 Å². The van der Waals surface area contributed by atoms with Crippen molar-refractivity contribution in [3.63, 3.8) is 0 Å². The Hall–Kier alpha value is -1.84. The summed E-state index contributed by atoms with van der Waals surface area (Å²) < 4.78 is 0. The van der Waals surface area contributed by atoms with E-state index in [9.17, 15) is 9.59 Å². The molecule has 0 aromatic heterocycles. The number of anilines is 1. The largest absolute Gasteiger partial charge is 0.342 e. The number of benzene rings is 1. The van der Waals surface area contributed by atoms with Gasteiger partial charge in [-0.15, -0.1) is 0 Å². The Balaban J connectivity index is 1.55. The predicted molar refractivity (Wildman–Crippen MR) is 105 cm³/mol. The van der Waals surface area contributed by atoms with Gasteiger partial charge in [-0.05, 0) is 57.6 Å². The van der Waals surface area contributed by atoms with Crippen LogP contribution >= 0.6 is 0 Å². The molecule has 1 heterocycles. The molecular weight excluding hydrogens is 324 g/mol. The van der Waals surface area contributed by atoms with Crippen LogP contribution in [0.25, 0.3) is 0 Å². The smallest absolute Gasteiger partial charge is 0.230 e. The summed E-state index contributed by atoms with van der Waals surface area (Å²) in [6, 6.07) is 9.91. The molecule has 0 spiro atoms. The Bertz CT molecular complexity index is 585. The molecule has 1 saturated carbocycles. The van der Waals surface area contributed by atoms with E-state index in [2.05, 4.69) is 4.90 Å². The highest BCUT2D eigenvalue weighted by atomic mass is 16.2. The summed E-state index contributed by atoms with van der Waals surface area (Å²) in [4.78, 5) is 29.8. The minimum absolute atomic E-state index is 0.0586. The summed E-state index contributed by atoms with van der Waals surface area (Å²) in [5.74, 6) is 0.750. The normalized spacial score (nSPS) is 24.0. The second-order valence-electron chi connectivity index (χ2n) is 7.71. The van der Waals surface area contributed by atoms with Gasteiger partial charge in [-0.3, -0.25) is 9.59 Å². The van der Waals surface area contributed by atoms with E-state index in [1.807, 2.05) is 42.2 Å². The van der Waals surface area contributed by atoms with E-state index in [4.69, 9.17) is 0 Å². The molecule has 2 amide bonds. The van der Waals surface area contributed by atoms with Crippen LogP contribution in [0.15, 0.2) is 30.3 Å². The van der Waals surface area contributed by atoms with Gasteiger partial charge in [-0.1, -0.05) is 31.0 Å². The zero-order chi connectivity index (χ0) is 18.4. The Labute approximate surface area is 157 Å². The second-order valence-corrected chi connectivity index (χ2v) is 7.71. The summed E-state index contributed by atoms with van der Waals surface area (Å²) >= 11 is 0. The monoisotopic (exact) mass is 356 g/mol. The lowest BCUT2D eigenvalue weighted by atomic mass is 9.80. The number of amides is 2. The molecule has 1 aliphatic heterocycles. The van der Waals surface area contributed by atoms with Crippen molar-refractivity contribution in [2.45, 2.75) is 58.3 Å². The van der Waals surface area contributed by atoms with Crippen molar-refractivity contribution in [3.8, 4) is 0 Å². The van der Waals surface area contributed by atoms with Crippen LogP contribution in [0.1, 0.15) is 58.3 Å². The van der Waals surface area contributed by atoms with Crippen LogP contribution in [-0.4, -0.2) is 36.3 Å². The number of nitrogens with zero attached hydrogens (tertiary/aromatic N) is 2. The predicted octanol–water partition coefficient (Wildman–Crippen LogP) is 4.25. The summed E-state index contributed by atoms with van der Waals surface area (Å²) in [7, 11) is 0. The molecule has 2 aliphatic rings. The van der Waals surface area contributed by atoms with Crippen molar-refractivity contribution in [2.24, 2.45) is 11.8 Å². The zero-order valence-electron chi connectivity index (χ0n) is 16.0. The Morgan fingerprint density at radius 3 is 2.08 bits per heavy atom. The maximum Gasteiger partial charge on any atom is 0.230 e. The summed E-state index contributed by atoms with van der Waals surface area (Å²) in [5, 5.41) is 0. The SMILES string of the molecule is CCN(C(=O)C1CCC(C(=O)N2CCCCCC2)CC1)c1ccccc1. The van der Waals surface area contributed by atoms with Crippen LogP contribution in [0.5, 0.6) is 0 Å². The van der Waals surface area contributed by atoms with Crippen LogP contribution in [0, 0.1) is 11.8 Å². The standard InChI is InChI=1S/C22H32N2O2/c1-2-24(20-10-6-5-7-11-20)22(26)19-14-12-18(13-15-19)21(25)23-16-8-3-4-9-17-23/h5-7,10-11,18-19H,2-4,8-9,12-17H2,1H3. The Morgan fingerprint density at radius 1 is 0.923 bits per heavy atom. The number of hydrogen-bond donors (Lipinski definition) is 0. The van der Waals surface area contributed by atoms with Gasteiger partial charge in [-0.25, -0.2) is 0 Å². The van der Waals surface area contributed by atoms with E-state index in [1.165, 1.54) is 12.8 Å². The number of hydrogen-bond acceptors (Lipinski definition) is 2. The fraction of sp³-hybridized carbons (Fsp3) is 0.636. The lowest BCUT2D eigenvalue weighted by molar-refractivity contribution is -0.138. The maximum atomic E-state index is 13.0.